The van der Waals surface area contributed by atoms with Gasteiger partial charge in [-0.1, -0.05) is 34.1 Å². The van der Waals surface area contributed by atoms with Gasteiger partial charge in [-0.05, 0) is 38.1 Å². The third-order valence-electron chi connectivity index (χ3n) is 2.65. The zero-order chi connectivity index (χ0) is 12.7. The van der Waals surface area contributed by atoms with Gasteiger partial charge in [0.25, 0.3) is 0 Å². The van der Waals surface area contributed by atoms with Gasteiger partial charge in [0.05, 0.1) is 0 Å². The normalized spacial score (nSPS) is 10.8. The van der Waals surface area contributed by atoms with Crippen LogP contribution in [0.4, 0.5) is 0 Å². The Morgan fingerprint density at radius 2 is 2.06 bits per heavy atom. The molecule has 0 aromatic heterocycles. The average Bonchev–Trinajstić information content (AvgIpc) is 2.27. The molecule has 0 saturated heterocycles. The second-order valence-corrected chi connectivity index (χ2v) is 5.00. The van der Waals surface area contributed by atoms with E-state index in [2.05, 4.69) is 26.9 Å². The molecule has 0 atom stereocenters. The van der Waals surface area contributed by atoms with E-state index in [1.165, 1.54) is 5.56 Å². The Morgan fingerprint density at radius 3 is 2.71 bits per heavy atom. The minimum atomic E-state index is -0.718. The first-order chi connectivity index (χ1) is 8.09. The summed E-state index contributed by atoms with van der Waals surface area (Å²) < 4.78 is 1.14. The second-order valence-electron chi connectivity index (χ2n) is 4.14. The van der Waals surface area contributed by atoms with Gasteiger partial charge in [0, 0.05) is 17.4 Å². The maximum atomic E-state index is 10.4. The number of carboxylic acid groups (broad SMARTS) is 1. The number of aliphatic carboxylic acids is 1. The minimum absolute atomic E-state index is 0.249. The monoisotopic (exact) mass is 299 g/mol. The highest BCUT2D eigenvalue weighted by molar-refractivity contribution is 9.10. The van der Waals surface area contributed by atoms with Crippen molar-refractivity contribution in [2.75, 3.05) is 20.1 Å². The summed E-state index contributed by atoms with van der Waals surface area (Å²) in [5.74, 6) is -0.718. The van der Waals surface area contributed by atoms with E-state index in [9.17, 15) is 4.79 Å². The fraction of sp³-hybridized carbons (Fsp3) is 0.462. The highest BCUT2D eigenvalue weighted by Crippen LogP contribution is 2.16. The van der Waals surface area contributed by atoms with Gasteiger partial charge in [-0.3, -0.25) is 4.79 Å². The Morgan fingerprint density at radius 1 is 1.35 bits per heavy atom. The largest absolute Gasteiger partial charge is 0.481 e. The quantitative estimate of drug-likeness (QED) is 0.842. The van der Waals surface area contributed by atoms with Gasteiger partial charge in [-0.15, -0.1) is 0 Å². The molecule has 4 heteroatoms. The van der Waals surface area contributed by atoms with Crippen LogP contribution in [0, 0.1) is 0 Å². The molecular formula is C13H18BrNO2. The van der Waals surface area contributed by atoms with Crippen molar-refractivity contribution < 1.29 is 9.90 Å². The fourth-order valence-electron chi connectivity index (χ4n) is 1.62. The van der Waals surface area contributed by atoms with Crippen LogP contribution >= 0.6 is 15.9 Å². The van der Waals surface area contributed by atoms with Crippen LogP contribution in [-0.2, 0) is 11.2 Å². The first-order valence-corrected chi connectivity index (χ1v) is 6.52. The maximum absolute atomic E-state index is 10.4. The first-order valence-electron chi connectivity index (χ1n) is 5.73. The van der Waals surface area contributed by atoms with Crippen LogP contribution in [-0.4, -0.2) is 36.1 Å². The molecule has 1 aromatic rings. The number of likely N-dealkylation sites (N-methyl/N-ethyl adjacent to an activating group) is 1. The van der Waals surface area contributed by atoms with E-state index in [0.717, 1.165) is 24.0 Å². The van der Waals surface area contributed by atoms with Crippen LogP contribution in [0.15, 0.2) is 28.7 Å². The number of hydrogen-bond acceptors (Lipinski definition) is 2. The summed E-state index contributed by atoms with van der Waals surface area (Å²) in [4.78, 5) is 12.5. The lowest BCUT2D eigenvalue weighted by Gasteiger charge is -2.16. The number of halogens is 1. The van der Waals surface area contributed by atoms with Crippen molar-refractivity contribution in [3.8, 4) is 0 Å². The molecule has 0 amide bonds. The average molecular weight is 300 g/mol. The van der Waals surface area contributed by atoms with Gasteiger partial charge in [0.2, 0.25) is 0 Å². The van der Waals surface area contributed by atoms with Crippen molar-refractivity contribution in [3.05, 3.63) is 34.3 Å². The second kappa shape index (κ2) is 7.45. The minimum Gasteiger partial charge on any atom is -0.481 e. The van der Waals surface area contributed by atoms with E-state index < -0.39 is 5.97 Å². The molecule has 3 nitrogen and oxygen atoms in total. The Bertz CT molecular complexity index is 368. The van der Waals surface area contributed by atoms with E-state index in [0.29, 0.717) is 6.42 Å². The summed E-state index contributed by atoms with van der Waals surface area (Å²) in [5.41, 5.74) is 1.29. The molecule has 0 fully saturated rings. The van der Waals surface area contributed by atoms with Crippen molar-refractivity contribution in [1.29, 1.82) is 0 Å². The topological polar surface area (TPSA) is 40.5 Å². The van der Waals surface area contributed by atoms with Crippen molar-refractivity contribution >= 4 is 21.9 Å². The molecule has 1 N–H and O–H groups in total. The zero-order valence-electron chi connectivity index (χ0n) is 10.0. The van der Waals surface area contributed by atoms with E-state index in [1.807, 2.05) is 25.2 Å². The van der Waals surface area contributed by atoms with Gasteiger partial charge >= 0.3 is 5.97 Å². The van der Waals surface area contributed by atoms with Crippen LogP contribution in [0.5, 0.6) is 0 Å². The van der Waals surface area contributed by atoms with Crippen molar-refractivity contribution in [3.63, 3.8) is 0 Å². The van der Waals surface area contributed by atoms with E-state index >= 15 is 0 Å². The smallest absolute Gasteiger partial charge is 0.303 e. The summed E-state index contributed by atoms with van der Waals surface area (Å²) in [6, 6.07) is 8.18. The van der Waals surface area contributed by atoms with Gasteiger partial charge in [-0.25, -0.2) is 0 Å². The molecule has 0 saturated carbocycles. The summed E-state index contributed by atoms with van der Waals surface area (Å²) >= 11 is 3.52. The van der Waals surface area contributed by atoms with Crippen molar-refractivity contribution in [2.24, 2.45) is 0 Å². The van der Waals surface area contributed by atoms with E-state index in [-0.39, 0.29) is 6.42 Å². The lowest BCUT2D eigenvalue weighted by Crippen LogP contribution is -2.23. The molecular weight excluding hydrogens is 282 g/mol. The molecule has 0 aliphatic heterocycles. The highest BCUT2D eigenvalue weighted by Gasteiger charge is 2.03. The fourth-order valence-corrected chi connectivity index (χ4v) is 2.11. The predicted molar refractivity (Wildman–Crippen MR) is 72.2 cm³/mol. The van der Waals surface area contributed by atoms with Crippen molar-refractivity contribution in [1.82, 2.24) is 4.90 Å². The summed E-state index contributed by atoms with van der Waals surface area (Å²) in [5, 5.41) is 8.55. The molecule has 0 heterocycles. The molecule has 0 unspecified atom stereocenters. The van der Waals surface area contributed by atoms with Gasteiger partial charge in [0.15, 0.2) is 0 Å². The van der Waals surface area contributed by atoms with Crippen LogP contribution in [0.2, 0.25) is 0 Å². The van der Waals surface area contributed by atoms with Crippen LogP contribution < -0.4 is 0 Å². The number of nitrogens with zero attached hydrogens (tertiary/aromatic N) is 1. The SMILES string of the molecule is CN(CCCC(=O)O)CCc1ccccc1Br. The van der Waals surface area contributed by atoms with E-state index in [4.69, 9.17) is 5.11 Å². The third kappa shape index (κ3) is 5.84. The van der Waals surface area contributed by atoms with Crippen LogP contribution in [0.1, 0.15) is 18.4 Å². The lowest BCUT2D eigenvalue weighted by molar-refractivity contribution is -0.137. The number of hydrogen-bond donors (Lipinski definition) is 1. The Kier molecular flexibility index (Phi) is 6.22. The highest BCUT2D eigenvalue weighted by atomic mass is 79.9. The third-order valence-corrected chi connectivity index (χ3v) is 3.42. The van der Waals surface area contributed by atoms with Gasteiger partial charge in [-0.2, -0.15) is 0 Å². The molecule has 1 aromatic carbocycles. The van der Waals surface area contributed by atoms with E-state index in [1.54, 1.807) is 0 Å². The van der Waals surface area contributed by atoms with Crippen LogP contribution in [0.3, 0.4) is 0 Å². The number of carbonyl (C=O) groups is 1. The predicted octanol–water partition coefficient (Wildman–Crippen LogP) is 2.79. The molecule has 94 valence electrons. The molecule has 0 spiro atoms. The molecule has 0 aliphatic carbocycles. The molecule has 17 heavy (non-hydrogen) atoms. The Balaban J connectivity index is 2.26. The summed E-state index contributed by atoms with van der Waals surface area (Å²) in [6.07, 6.45) is 1.94. The number of rotatable bonds is 7. The maximum Gasteiger partial charge on any atom is 0.303 e. The number of carboxylic acids is 1. The summed E-state index contributed by atoms with van der Waals surface area (Å²) in [7, 11) is 2.03. The number of benzene rings is 1. The molecule has 0 radical (unpaired) electrons. The van der Waals surface area contributed by atoms with Gasteiger partial charge in [0.1, 0.15) is 0 Å². The van der Waals surface area contributed by atoms with Gasteiger partial charge < -0.3 is 10.0 Å². The lowest BCUT2D eigenvalue weighted by atomic mass is 10.1. The van der Waals surface area contributed by atoms with Crippen molar-refractivity contribution in [2.45, 2.75) is 19.3 Å². The zero-order valence-corrected chi connectivity index (χ0v) is 11.6. The molecule has 1 rings (SSSR count). The Labute approximate surface area is 111 Å². The first kappa shape index (κ1) is 14.2. The van der Waals surface area contributed by atoms with Crippen LogP contribution in [0.25, 0.3) is 0 Å². The summed E-state index contributed by atoms with van der Waals surface area (Å²) in [6.45, 7) is 1.78. The molecule has 0 aliphatic rings. The molecule has 0 bridgehead atoms. The standard InChI is InChI=1S/C13H18BrNO2/c1-15(9-4-7-13(16)17)10-8-11-5-2-3-6-12(11)14/h2-3,5-6H,4,7-10H2,1H3,(H,16,17). The Hall–Kier alpha value is -0.870.